The molecule has 8 heteroatoms. The summed E-state index contributed by atoms with van der Waals surface area (Å²) in [6, 6.07) is 7.19. The number of carbonyl (C=O) groups is 2. The van der Waals surface area contributed by atoms with Crippen molar-refractivity contribution >= 4 is 33.9 Å². The van der Waals surface area contributed by atoms with Gasteiger partial charge in [-0.1, -0.05) is 12.1 Å². The molecule has 0 radical (unpaired) electrons. The topological polar surface area (TPSA) is 114 Å². The Labute approximate surface area is 135 Å². The molecule has 0 aliphatic carbocycles. The third-order valence-electron chi connectivity index (χ3n) is 3.55. The number of hydrogen-bond donors (Lipinski definition) is 2. The second kappa shape index (κ2) is 6.53. The molecule has 2 aromatic heterocycles. The average molecular weight is 329 g/mol. The lowest BCUT2D eigenvalue weighted by Crippen LogP contribution is -2.33. The first kappa shape index (κ1) is 15.7. The highest BCUT2D eigenvalue weighted by Gasteiger charge is 2.14. The Morgan fingerprint density at radius 3 is 2.88 bits per heavy atom. The van der Waals surface area contributed by atoms with Gasteiger partial charge in [-0.2, -0.15) is 0 Å². The summed E-state index contributed by atoms with van der Waals surface area (Å²) in [6.07, 6.45) is 1.62. The zero-order chi connectivity index (χ0) is 17.1. The molecule has 0 unspecified atom stereocenters. The van der Waals surface area contributed by atoms with Crippen molar-refractivity contribution in [2.75, 3.05) is 6.54 Å². The van der Waals surface area contributed by atoms with Crippen LogP contribution in [0, 0.1) is 0 Å². The number of rotatable bonds is 6. The Kier molecular flexibility index (Phi) is 4.28. The van der Waals surface area contributed by atoms with Crippen molar-refractivity contribution in [3.8, 4) is 0 Å². The number of nitrogens with zero attached hydrogens (tertiary/aromatic N) is 2. The number of aromatic nitrogens is 2. The molecule has 3 aromatic rings. The number of carboxylic acid groups (broad SMARTS) is 1. The molecule has 0 bridgehead atoms. The van der Waals surface area contributed by atoms with E-state index in [1.165, 1.54) is 6.33 Å². The maximum absolute atomic E-state index is 12.4. The monoisotopic (exact) mass is 329 g/mol. The number of carboxylic acids is 1. The highest BCUT2D eigenvalue weighted by Crippen LogP contribution is 2.23. The molecule has 0 spiro atoms. The van der Waals surface area contributed by atoms with Crippen LogP contribution in [0.3, 0.4) is 0 Å². The Hall–Kier alpha value is -3.16. The lowest BCUT2D eigenvalue weighted by Gasteiger charge is -2.06. The summed E-state index contributed by atoms with van der Waals surface area (Å²) in [7, 11) is 0. The number of amides is 1. The predicted molar refractivity (Wildman–Crippen MR) is 85.7 cm³/mol. The molecule has 3 rings (SSSR count). The largest absolute Gasteiger partial charge is 0.481 e. The van der Waals surface area contributed by atoms with Crippen LogP contribution in [0.4, 0.5) is 0 Å². The first-order valence-electron chi connectivity index (χ1n) is 7.41. The third-order valence-corrected chi connectivity index (χ3v) is 3.55. The van der Waals surface area contributed by atoms with Crippen LogP contribution >= 0.6 is 0 Å². The van der Waals surface area contributed by atoms with Crippen molar-refractivity contribution in [1.29, 1.82) is 0 Å². The van der Waals surface area contributed by atoms with E-state index in [0.717, 1.165) is 9.95 Å². The smallest absolute Gasteiger partial charge is 0.303 e. The molecule has 24 heavy (non-hydrogen) atoms. The number of carbonyl (C=O) groups excluding carboxylic acids is 1. The zero-order valence-corrected chi connectivity index (χ0v) is 12.7. The quantitative estimate of drug-likeness (QED) is 0.655. The minimum absolute atomic E-state index is 0.0211. The van der Waals surface area contributed by atoms with E-state index in [2.05, 4.69) is 10.3 Å². The van der Waals surface area contributed by atoms with Gasteiger partial charge in [-0.25, -0.2) is 4.98 Å². The van der Waals surface area contributed by atoms with Gasteiger partial charge in [-0.05, 0) is 18.6 Å². The van der Waals surface area contributed by atoms with Gasteiger partial charge in [0, 0.05) is 18.4 Å². The molecule has 1 aromatic carbocycles. The van der Waals surface area contributed by atoms with Gasteiger partial charge < -0.3 is 14.8 Å². The van der Waals surface area contributed by atoms with E-state index in [1.807, 2.05) is 12.1 Å². The molecule has 0 fully saturated rings. The van der Waals surface area contributed by atoms with Crippen molar-refractivity contribution in [2.45, 2.75) is 19.4 Å². The number of para-hydroxylation sites is 1. The van der Waals surface area contributed by atoms with Crippen LogP contribution in [0.25, 0.3) is 22.1 Å². The molecule has 0 atom stereocenters. The summed E-state index contributed by atoms with van der Waals surface area (Å²) in [5.41, 5.74) is 0.705. The molecular formula is C16H15N3O5. The van der Waals surface area contributed by atoms with E-state index in [9.17, 15) is 14.4 Å². The Bertz CT molecular complexity index is 973. The number of aliphatic carboxylic acids is 1. The van der Waals surface area contributed by atoms with Crippen molar-refractivity contribution in [1.82, 2.24) is 14.9 Å². The van der Waals surface area contributed by atoms with E-state index in [-0.39, 0.29) is 31.0 Å². The van der Waals surface area contributed by atoms with Gasteiger partial charge in [0.2, 0.25) is 11.5 Å². The van der Waals surface area contributed by atoms with Gasteiger partial charge in [-0.15, -0.1) is 0 Å². The van der Waals surface area contributed by atoms with Crippen LogP contribution in [0.2, 0.25) is 0 Å². The summed E-state index contributed by atoms with van der Waals surface area (Å²) in [4.78, 5) is 38.9. The van der Waals surface area contributed by atoms with Gasteiger partial charge >= 0.3 is 5.97 Å². The molecule has 1 amide bonds. The molecule has 124 valence electrons. The van der Waals surface area contributed by atoms with Crippen molar-refractivity contribution in [3.05, 3.63) is 40.9 Å². The van der Waals surface area contributed by atoms with Crippen molar-refractivity contribution in [3.63, 3.8) is 0 Å². The van der Waals surface area contributed by atoms with Crippen LogP contribution in [0.15, 0.2) is 39.8 Å². The van der Waals surface area contributed by atoms with Gasteiger partial charge in [0.15, 0.2) is 0 Å². The first-order chi connectivity index (χ1) is 11.6. The van der Waals surface area contributed by atoms with E-state index < -0.39 is 11.5 Å². The van der Waals surface area contributed by atoms with Gasteiger partial charge in [0.1, 0.15) is 17.6 Å². The third kappa shape index (κ3) is 3.12. The fourth-order valence-corrected chi connectivity index (χ4v) is 2.41. The van der Waals surface area contributed by atoms with Crippen molar-refractivity contribution in [2.24, 2.45) is 0 Å². The van der Waals surface area contributed by atoms with E-state index in [1.54, 1.807) is 12.1 Å². The predicted octanol–water partition coefficient (Wildman–Crippen LogP) is 1.12. The zero-order valence-electron chi connectivity index (χ0n) is 12.7. The summed E-state index contributed by atoms with van der Waals surface area (Å²) >= 11 is 0. The molecule has 0 saturated carbocycles. The fourth-order valence-electron chi connectivity index (χ4n) is 2.41. The summed E-state index contributed by atoms with van der Waals surface area (Å²) < 4.78 is 6.70. The fraction of sp³-hybridized carbons (Fsp3) is 0.250. The van der Waals surface area contributed by atoms with Crippen LogP contribution in [0.1, 0.15) is 12.8 Å². The lowest BCUT2D eigenvalue weighted by atomic mass is 10.2. The second-order valence-electron chi connectivity index (χ2n) is 5.30. The number of furan rings is 1. The van der Waals surface area contributed by atoms with E-state index in [0.29, 0.717) is 17.5 Å². The standard InChI is InChI=1S/C16H15N3O5/c20-12(17-7-3-6-13(21)22)8-19-9-18-14-10-4-1-2-5-11(10)24-15(14)16(19)23/h1-2,4-5,9H,3,6-8H2,(H,17,20)(H,21,22). The minimum Gasteiger partial charge on any atom is -0.481 e. The van der Waals surface area contributed by atoms with Crippen LogP contribution in [-0.4, -0.2) is 33.1 Å². The number of fused-ring (bicyclic) bond motifs is 3. The summed E-state index contributed by atoms with van der Waals surface area (Å²) in [6.45, 7) is 0.0338. The molecule has 2 N–H and O–H groups in total. The van der Waals surface area contributed by atoms with Crippen LogP contribution in [0.5, 0.6) is 0 Å². The van der Waals surface area contributed by atoms with Crippen LogP contribution in [-0.2, 0) is 16.1 Å². The van der Waals surface area contributed by atoms with E-state index in [4.69, 9.17) is 9.52 Å². The highest BCUT2D eigenvalue weighted by atomic mass is 16.4. The van der Waals surface area contributed by atoms with Crippen molar-refractivity contribution < 1.29 is 19.1 Å². The SMILES string of the molecule is O=C(O)CCCNC(=O)Cn1cnc2c(oc3ccccc32)c1=O. The van der Waals surface area contributed by atoms with Gasteiger partial charge in [0.05, 0.1) is 6.33 Å². The maximum Gasteiger partial charge on any atom is 0.303 e. The minimum atomic E-state index is -0.917. The number of nitrogens with one attached hydrogen (secondary N) is 1. The summed E-state index contributed by atoms with van der Waals surface area (Å²) in [5.74, 6) is -1.31. The molecule has 0 saturated heterocycles. The lowest BCUT2D eigenvalue weighted by molar-refractivity contribution is -0.137. The van der Waals surface area contributed by atoms with Crippen LogP contribution < -0.4 is 10.9 Å². The molecule has 0 aliphatic rings. The molecule has 8 nitrogen and oxygen atoms in total. The molecule has 2 heterocycles. The second-order valence-corrected chi connectivity index (χ2v) is 5.30. The Morgan fingerprint density at radius 2 is 2.08 bits per heavy atom. The van der Waals surface area contributed by atoms with Gasteiger partial charge in [0.25, 0.3) is 5.56 Å². The Balaban J connectivity index is 1.77. The number of hydrogen-bond acceptors (Lipinski definition) is 5. The highest BCUT2D eigenvalue weighted by molar-refractivity contribution is 6.01. The Morgan fingerprint density at radius 1 is 1.29 bits per heavy atom. The van der Waals surface area contributed by atoms with E-state index >= 15 is 0 Å². The van der Waals surface area contributed by atoms with Gasteiger partial charge in [-0.3, -0.25) is 19.0 Å². The summed E-state index contributed by atoms with van der Waals surface area (Å²) in [5, 5.41) is 11.8. The number of benzene rings is 1. The normalized spacial score (nSPS) is 11.0. The maximum atomic E-state index is 12.4. The molecular weight excluding hydrogens is 314 g/mol. The average Bonchev–Trinajstić information content (AvgIpc) is 2.94. The first-order valence-corrected chi connectivity index (χ1v) is 7.41. The molecule has 0 aliphatic heterocycles.